The van der Waals surface area contributed by atoms with Crippen molar-refractivity contribution in [3.63, 3.8) is 0 Å². The average Bonchev–Trinajstić information content (AvgIpc) is 2.67. The number of halogens is 3. The molecule has 4 rings (SSSR count). The molecule has 2 aromatic carbocycles. The van der Waals surface area contributed by atoms with E-state index in [4.69, 9.17) is 5.11 Å². The third-order valence-corrected chi connectivity index (χ3v) is 5.46. The Kier molecular flexibility index (Phi) is 6.02. The maximum absolute atomic E-state index is 12.1. The summed E-state index contributed by atoms with van der Waals surface area (Å²) in [6, 6.07) is 9.60. The number of alkyl halides is 3. The molecule has 0 unspecified atom stereocenters. The number of hydrogen-bond acceptors (Lipinski definition) is 4. The molecule has 0 saturated carbocycles. The van der Waals surface area contributed by atoms with E-state index in [1.54, 1.807) is 6.07 Å². The van der Waals surface area contributed by atoms with Gasteiger partial charge in [-0.15, -0.1) is 0 Å². The molecule has 2 aliphatic carbocycles. The second-order valence-electron chi connectivity index (χ2n) is 6.61. The first-order valence-electron chi connectivity index (χ1n) is 8.94. The molecule has 29 heavy (non-hydrogen) atoms. The van der Waals surface area contributed by atoms with E-state index in [9.17, 15) is 21.6 Å². The number of aryl methyl sites for hydroxylation is 2. The van der Waals surface area contributed by atoms with E-state index in [1.165, 1.54) is 29.3 Å². The van der Waals surface area contributed by atoms with Gasteiger partial charge < -0.3 is 9.29 Å². The minimum absolute atomic E-state index is 0.318. The van der Waals surface area contributed by atoms with Crippen molar-refractivity contribution in [2.45, 2.75) is 31.2 Å². The van der Waals surface area contributed by atoms with Gasteiger partial charge in [-0.25, -0.2) is 0 Å². The van der Waals surface area contributed by atoms with Crippen LogP contribution in [0.15, 0.2) is 48.6 Å². The molecule has 2 aliphatic rings. The molecule has 0 aliphatic heterocycles. The summed E-state index contributed by atoms with van der Waals surface area (Å²) in [6.07, 6.45) is 11.6. The van der Waals surface area contributed by atoms with E-state index in [0.29, 0.717) is 12.2 Å². The van der Waals surface area contributed by atoms with E-state index in [1.807, 2.05) is 24.3 Å². The summed E-state index contributed by atoms with van der Waals surface area (Å²) in [4.78, 5) is 0. The fourth-order valence-corrected chi connectivity index (χ4v) is 3.51. The van der Waals surface area contributed by atoms with Crippen molar-refractivity contribution < 1.29 is 30.9 Å². The number of phenols is 1. The molecule has 2 aromatic rings. The van der Waals surface area contributed by atoms with Crippen LogP contribution >= 0.6 is 0 Å². The van der Waals surface area contributed by atoms with Crippen LogP contribution in [0, 0.1) is 0 Å². The highest BCUT2D eigenvalue weighted by molar-refractivity contribution is 7.88. The number of hydrogen-bond donors (Lipinski definition) is 1. The van der Waals surface area contributed by atoms with Crippen LogP contribution in [-0.4, -0.2) is 19.0 Å². The van der Waals surface area contributed by atoms with Crippen molar-refractivity contribution in [3.05, 3.63) is 70.8 Å². The fraction of sp³-hybridized carbons (Fsp3) is 0.238. The van der Waals surface area contributed by atoms with Gasteiger partial charge in [0, 0.05) is 0 Å². The van der Waals surface area contributed by atoms with Gasteiger partial charge in [0.05, 0.1) is 0 Å². The van der Waals surface area contributed by atoms with Crippen LogP contribution in [0.25, 0.3) is 12.2 Å². The molecule has 0 atom stereocenters. The van der Waals surface area contributed by atoms with Crippen LogP contribution in [0.1, 0.15) is 35.1 Å². The standard InChI is InChI=1S/C11H9F3O3S.C10H10O/c12-11(13,14)18(15,16)17-10-6-5-8-3-1-2-4-9(8)7-10;11-10-6-5-8-3-1-2-4-9(8)7-10/h1,3,5-7H,2,4H2;1,3,5-7,11H,2,4H2. The first kappa shape index (κ1) is 21.0. The summed E-state index contributed by atoms with van der Waals surface area (Å²) >= 11 is 0. The van der Waals surface area contributed by atoms with Gasteiger partial charge in [-0.2, -0.15) is 21.6 Å². The minimum atomic E-state index is -5.60. The molecule has 0 aromatic heterocycles. The van der Waals surface area contributed by atoms with Crippen LogP contribution in [0.5, 0.6) is 11.5 Å². The Bertz CT molecular complexity index is 1050. The molecule has 0 saturated heterocycles. The van der Waals surface area contributed by atoms with Gasteiger partial charge in [0.25, 0.3) is 0 Å². The summed E-state index contributed by atoms with van der Waals surface area (Å²) in [5.74, 6) is 0.0559. The maximum atomic E-state index is 12.1. The second-order valence-corrected chi connectivity index (χ2v) is 8.15. The second kappa shape index (κ2) is 8.32. The van der Waals surface area contributed by atoms with Crippen LogP contribution in [-0.2, 0) is 23.0 Å². The summed E-state index contributed by atoms with van der Waals surface area (Å²) in [7, 11) is -5.60. The van der Waals surface area contributed by atoms with E-state index in [2.05, 4.69) is 16.3 Å². The average molecular weight is 424 g/mol. The number of phenolic OH excluding ortho intramolecular Hbond substituents is 1. The number of benzene rings is 2. The summed E-state index contributed by atoms with van der Waals surface area (Å²) in [5.41, 5.74) is -1.28. The van der Waals surface area contributed by atoms with Crippen LogP contribution in [0.4, 0.5) is 13.2 Å². The lowest BCUT2D eigenvalue weighted by Crippen LogP contribution is -2.28. The third-order valence-electron chi connectivity index (χ3n) is 4.49. The van der Waals surface area contributed by atoms with Crippen molar-refractivity contribution in [3.8, 4) is 11.5 Å². The third kappa shape index (κ3) is 5.20. The molecule has 0 fully saturated rings. The van der Waals surface area contributed by atoms with Crippen molar-refractivity contribution in [1.29, 1.82) is 0 Å². The Morgan fingerprint density at radius 3 is 2.00 bits per heavy atom. The molecular weight excluding hydrogens is 405 g/mol. The molecular formula is C21H19F3O4S. The zero-order chi connectivity index (χ0) is 21.1. The topological polar surface area (TPSA) is 63.6 Å². The zero-order valence-corrected chi connectivity index (χ0v) is 16.1. The molecule has 0 bridgehead atoms. The largest absolute Gasteiger partial charge is 0.534 e. The monoisotopic (exact) mass is 424 g/mol. The minimum Gasteiger partial charge on any atom is -0.508 e. The molecule has 4 nitrogen and oxygen atoms in total. The molecule has 154 valence electrons. The highest BCUT2D eigenvalue weighted by Gasteiger charge is 2.48. The molecule has 0 radical (unpaired) electrons. The Labute approximate surface area is 167 Å². The predicted molar refractivity (Wildman–Crippen MR) is 105 cm³/mol. The Balaban J connectivity index is 0.000000186. The smallest absolute Gasteiger partial charge is 0.508 e. The van der Waals surface area contributed by atoms with E-state index in [0.717, 1.165) is 30.4 Å². The highest BCUT2D eigenvalue weighted by atomic mass is 32.2. The quantitative estimate of drug-likeness (QED) is 0.530. The van der Waals surface area contributed by atoms with Gasteiger partial charge in [0.2, 0.25) is 0 Å². The molecule has 0 heterocycles. The van der Waals surface area contributed by atoms with Gasteiger partial charge in [-0.3, -0.25) is 0 Å². The SMILES string of the molecule is O=S(=O)(Oc1ccc2c(c1)CCC=C2)C(F)(F)F.Oc1ccc2c(c1)CCC=C2. The van der Waals surface area contributed by atoms with Crippen molar-refractivity contribution >= 4 is 22.3 Å². The Morgan fingerprint density at radius 2 is 1.41 bits per heavy atom. The normalized spacial score (nSPS) is 15.0. The summed E-state index contributed by atoms with van der Waals surface area (Å²) in [5, 5.41) is 9.16. The van der Waals surface area contributed by atoms with E-state index < -0.39 is 15.6 Å². The van der Waals surface area contributed by atoms with E-state index in [-0.39, 0.29) is 5.75 Å². The van der Waals surface area contributed by atoms with Gasteiger partial charge in [0.15, 0.2) is 0 Å². The summed E-state index contributed by atoms with van der Waals surface area (Å²) < 4.78 is 62.1. The van der Waals surface area contributed by atoms with Crippen molar-refractivity contribution in [1.82, 2.24) is 0 Å². The van der Waals surface area contributed by atoms with Crippen molar-refractivity contribution in [2.24, 2.45) is 0 Å². The summed E-state index contributed by atoms with van der Waals surface area (Å²) in [6.45, 7) is 0. The molecule has 8 heteroatoms. The van der Waals surface area contributed by atoms with Gasteiger partial charge in [-0.1, -0.05) is 36.4 Å². The van der Waals surface area contributed by atoms with Gasteiger partial charge in [0.1, 0.15) is 11.5 Å². The first-order valence-corrected chi connectivity index (χ1v) is 10.4. The molecule has 0 spiro atoms. The number of rotatable bonds is 2. The molecule has 0 amide bonds. The fourth-order valence-electron chi connectivity index (χ4n) is 3.06. The van der Waals surface area contributed by atoms with Crippen LogP contribution in [0.2, 0.25) is 0 Å². The Morgan fingerprint density at radius 1 is 0.862 bits per heavy atom. The first-order chi connectivity index (χ1) is 13.7. The zero-order valence-electron chi connectivity index (χ0n) is 15.3. The van der Waals surface area contributed by atoms with Crippen LogP contribution < -0.4 is 4.18 Å². The predicted octanol–water partition coefficient (Wildman–Crippen LogP) is 5.23. The van der Waals surface area contributed by atoms with Crippen LogP contribution in [0.3, 0.4) is 0 Å². The van der Waals surface area contributed by atoms with Gasteiger partial charge >= 0.3 is 15.6 Å². The van der Waals surface area contributed by atoms with Crippen molar-refractivity contribution in [2.75, 3.05) is 0 Å². The lowest BCUT2D eigenvalue weighted by atomic mass is 9.97. The van der Waals surface area contributed by atoms with E-state index >= 15 is 0 Å². The lowest BCUT2D eigenvalue weighted by molar-refractivity contribution is -0.0500. The maximum Gasteiger partial charge on any atom is 0.534 e. The number of fused-ring (bicyclic) bond motifs is 2. The number of aromatic hydroxyl groups is 1. The lowest BCUT2D eigenvalue weighted by Gasteiger charge is -2.13. The van der Waals surface area contributed by atoms with Gasteiger partial charge in [-0.05, 0) is 72.2 Å². The molecule has 1 N–H and O–H groups in total. The number of allylic oxidation sites excluding steroid dienone is 2. The highest BCUT2D eigenvalue weighted by Crippen LogP contribution is 2.29. The Hall–Kier alpha value is -2.74.